The molecule has 0 spiro atoms. The van der Waals surface area contributed by atoms with Crippen molar-refractivity contribution in [2.75, 3.05) is 39.6 Å². The lowest BCUT2D eigenvalue weighted by atomic mass is 10.0. The third-order valence-electron chi connectivity index (χ3n) is 17.2. The van der Waals surface area contributed by atoms with E-state index in [1.54, 1.807) is 0 Å². The van der Waals surface area contributed by atoms with E-state index < -0.39 is 97.5 Å². The molecule has 3 N–H and O–H groups in total. The number of esters is 4. The minimum absolute atomic E-state index is 0.0726. The summed E-state index contributed by atoms with van der Waals surface area (Å²) in [5, 5.41) is 10.7. The summed E-state index contributed by atoms with van der Waals surface area (Å²) >= 11 is 0. The molecular weight excluding hydrogens is 1350 g/mol. The number of rotatable bonds is 77. The van der Waals surface area contributed by atoms with Crippen molar-refractivity contribution >= 4 is 39.5 Å². The number of allylic oxidation sites excluding steroid dienone is 18. The number of aliphatic hydroxyl groups is 1. The molecule has 5 atom stereocenters. The lowest BCUT2D eigenvalue weighted by Gasteiger charge is -2.21. The fourth-order valence-electron chi connectivity index (χ4n) is 11.0. The predicted octanol–water partition coefficient (Wildman–Crippen LogP) is 24.1. The van der Waals surface area contributed by atoms with Gasteiger partial charge < -0.3 is 33.8 Å². The molecule has 5 unspecified atom stereocenters. The van der Waals surface area contributed by atoms with Crippen LogP contribution in [0.4, 0.5) is 0 Å². The van der Waals surface area contributed by atoms with Gasteiger partial charge in [-0.1, -0.05) is 304 Å². The Morgan fingerprint density at radius 3 is 0.788 bits per heavy atom. The number of phosphoric acid groups is 2. The van der Waals surface area contributed by atoms with E-state index in [4.69, 9.17) is 37.0 Å². The van der Waals surface area contributed by atoms with Crippen LogP contribution in [0.25, 0.3) is 0 Å². The summed E-state index contributed by atoms with van der Waals surface area (Å²) in [4.78, 5) is 73.1. The van der Waals surface area contributed by atoms with E-state index in [0.717, 1.165) is 199 Å². The van der Waals surface area contributed by atoms with Crippen LogP contribution < -0.4 is 0 Å². The second-order valence-corrected chi connectivity index (χ2v) is 30.2. The zero-order chi connectivity index (χ0) is 76.0. The van der Waals surface area contributed by atoms with Crippen molar-refractivity contribution < 1.29 is 80.2 Å². The van der Waals surface area contributed by atoms with Crippen LogP contribution in [-0.4, -0.2) is 96.7 Å². The zero-order valence-electron chi connectivity index (χ0n) is 65.7. The molecular formula is C85H148O17P2. The van der Waals surface area contributed by atoms with E-state index in [0.29, 0.717) is 25.7 Å². The maximum atomic E-state index is 13.1. The number of hydrogen-bond donors (Lipinski definition) is 3. The molecule has 0 aliphatic heterocycles. The first-order valence-electron chi connectivity index (χ1n) is 41.1. The highest BCUT2D eigenvalue weighted by Gasteiger charge is 2.30. The first-order valence-corrected chi connectivity index (χ1v) is 44.1. The number of aliphatic hydroxyl groups excluding tert-OH is 1. The van der Waals surface area contributed by atoms with Gasteiger partial charge in [0.05, 0.1) is 26.4 Å². The van der Waals surface area contributed by atoms with Gasteiger partial charge in [-0.15, -0.1) is 0 Å². The van der Waals surface area contributed by atoms with E-state index in [1.807, 2.05) is 0 Å². The Morgan fingerprint density at radius 1 is 0.279 bits per heavy atom. The molecule has 600 valence electrons. The quantitative estimate of drug-likeness (QED) is 0.0169. The summed E-state index contributed by atoms with van der Waals surface area (Å²) in [5.74, 6) is -2.20. The number of carbonyl (C=O) groups is 4. The van der Waals surface area contributed by atoms with E-state index >= 15 is 0 Å². The molecule has 17 nitrogen and oxygen atoms in total. The molecule has 0 aromatic heterocycles. The Morgan fingerprint density at radius 2 is 0.500 bits per heavy atom. The molecule has 0 radical (unpaired) electrons. The molecule has 0 aliphatic carbocycles. The Hall–Kier alpha value is -4.28. The average molecular weight is 1500 g/mol. The van der Waals surface area contributed by atoms with E-state index in [2.05, 4.69) is 137 Å². The first kappa shape index (κ1) is 99.7. The Bertz CT molecular complexity index is 2390. The molecule has 0 saturated heterocycles. The van der Waals surface area contributed by atoms with Gasteiger partial charge in [0.15, 0.2) is 12.2 Å². The van der Waals surface area contributed by atoms with Gasteiger partial charge in [-0.25, -0.2) is 9.13 Å². The van der Waals surface area contributed by atoms with Crippen molar-refractivity contribution in [3.05, 3.63) is 109 Å². The van der Waals surface area contributed by atoms with Gasteiger partial charge in [0.25, 0.3) is 0 Å². The smallest absolute Gasteiger partial charge is 0.462 e. The number of hydrogen-bond acceptors (Lipinski definition) is 15. The van der Waals surface area contributed by atoms with Crippen LogP contribution >= 0.6 is 15.6 Å². The van der Waals surface area contributed by atoms with Crippen LogP contribution in [0.1, 0.15) is 349 Å². The fraction of sp³-hybridized carbons (Fsp3) is 0.741. The SMILES string of the molecule is CC/C=C\C/C=C\C/C=C\CCCCCCCCCC(=O)OCC(COP(=O)(O)OCC(O)COP(=O)(O)OCC(COC(=O)CCCCCCCC/C=C\C/C=C\C/C=C\CCCCC)OC(=O)CCCCCCCCCCCCCCC)OC(=O)CCCCCCC/C=C\C/C=C\C/C=C\CC. The standard InChI is InChI=1S/C85H148O17P2/c1-5-9-13-17-21-25-29-33-36-38-39-41-44-47-50-54-58-62-66-70-83(88)95-75-80(101-84(89)71-67-63-59-55-51-45-32-28-24-20-16-12-8-4)77-99-103(91,92)97-73-79(86)74-98-104(93,94)100-78-81(102-85(90)72-68-64-60-56-52-48-42-35-31-27-23-19-15-11-7-3)76-96-82(87)69-65-61-57-53-49-46-43-40-37-34-30-26-22-18-14-10-6-2/h10-11,14-15,21-23,25-27,33-37,39,41-42,79-81,86H,5-9,12-13,16-20,24,28-32,38,40,43-78H2,1-4H3,(H,91,92)(H,93,94)/b14-10-,15-11-,25-21-,26-22-,27-23-,36-33-,37-34-,41-39-,42-35-. The van der Waals surface area contributed by atoms with Gasteiger partial charge in [-0.3, -0.25) is 37.3 Å². The minimum atomic E-state index is -4.98. The van der Waals surface area contributed by atoms with Gasteiger partial charge >= 0.3 is 39.5 Å². The molecule has 0 heterocycles. The molecule has 0 aromatic rings. The molecule has 0 aromatic carbocycles. The van der Waals surface area contributed by atoms with Crippen LogP contribution in [0.3, 0.4) is 0 Å². The monoisotopic (exact) mass is 1500 g/mol. The molecule has 0 aliphatic rings. The second-order valence-electron chi connectivity index (χ2n) is 27.3. The van der Waals surface area contributed by atoms with Crippen molar-refractivity contribution in [3.63, 3.8) is 0 Å². The molecule has 0 fully saturated rings. The Labute approximate surface area is 632 Å². The summed E-state index contributed by atoms with van der Waals surface area (Å²) in [6, 6.07) is 0. The third-order valence-corrected chi connectivity index (χ3v) is 19.1. The lowest BCUT2D eigenvalue weighted by molar-refractivity contribution is -0.161. The van der Waals surface area contributed by atoms with Crippen LogP contribution in [0.15, 0.2) is 109 Å². The van der Waals surface area contributed by atoms with Crippen LogP contribution in [-0.2, 0) is 65.4 Å². The highest BCUT2D eigenvalue weighted by molar-refractivity contribution is 7.47. The van der Waals surface area contributed by atoms with Crippen molar-refractivity contribution in [2.45, 2.75) is 367 Å². The summed E-state index contributed by atoms with van der Waals surface area (Å²) in [7, 11) is -9.97. The minimum Gasteiger partial charge on any atom is -0.462 e. The number of carbonyl (C=O) groups excluding carboxylic acids is 4. The van der Waals surface area contributed by atoms with Crippen LogP contribution in [0.5, 0.6) is 0 Å². The third kappa shape index (κ3) is 75.9. The Kier molecular flexibility index (Phi) is 73.7. The summed E-state index contributed by atoms with van der Waals surface area (Å²) in [5.41, 5.74) is 0. The summed E-state index contributed by atoms with van der Waals surface area (Å²) < 4.78 is 68.7. The van der Waals surface area contributed by atoms with Crippen molar-refractivity contribution in [3.8, 4) is 0 Å². The van der Waals surface area contributed by atoms with Crippen LogP contribution in [0.2, 0.25) is 0 Å². The van der Waals surface area contributed by atoms with Gasteiger partial charge in [-0.2, -0.15) is 0 Å². The topological polar surface area (TPSA) is 237 Å². The maximum absolute atomic E-state index is 13.1. The van der Waals surface area contributed by atoms with Crippen molar-refractivity contribution in [1.29, 1.82) is 0 Å². The Balaban J connectivity index is 5.35. The predicted molar refractivity (Wildman–Crippen MR) is 427 cm³/mol. The van der Waals surface area contributed by atoms with E-state index in [9.17, 15) is 43.2 Å². The molecule has 0 rings (SSSR count). The number of ether oxygens (including phenoxy) is 4. The van der Waals surface area contributed by atoms with Gasteiger partial charge in [0.2, 0.25) is 0 Å². The summed E-state index contributed by atoms with van der Waals surface area (Å²) in [6.07, 6.45) is 83.4. The summed E-state index contributed by atoms with van der Waals surface area (Å²) in [6.45, 7) is 4.63. The normalized spacial score (nSPS) is 14.4. The van der Waals surface area contributed by atoms with E-state index in [-0.39, 0.29) is 25.7 Å². The molecule has 0 amide bonds. The fourth-order valence-corrected chi connectivity index (χ4v) is 12.6. The van der Waals surface area contributed by atoms with Gasteiger partial charge in [-0.05, 0) is 128 Å². The first-order chi connectivity index (χ1) is 50.7. The molecule has 0 saturated carbocycles. The molecule has 19 heteroatoms. The maximum Gasteiger partial charge on any atom is 0.472 e. The van der Waals surface area contributed by atoms with Gasteiger partial charge in [0.1, 0.15) is 19.3 Å². The number of unbranched alkanes of at least 4 members (excludes halogenated alkanes) is 33. The largest absolute Gasteiger partial charge is 0.472 e. The highest BCUT2D eigenvalue weighted by atomic mass is 31.2. The molecule has 0 bridgehead atoms. The molecule has 104 heavy (non-hydrogen) atoms. The van der Waals surface area contributed by atoms with Crippen molar-refractivity contribution in [2.24, 2.45) is 0 Å². The average Bonchev–Trinajstić information content (AvgIpc) is 0.939. The highest BCUT2D eigenvalue weighted by Crippen LogP contribution is 2.45. The van der Waals surface area contributed by atoms with Crippen molar-refractivity contribution in [1.82, 2.24) is 0 Å². The lowest BCUT2D eigenvalue weighted by Crippen LogP contribution is -2.30. The van der Waals surface area contributed by atoms with Gasteiger partial charge in [0, 0.05) is 25.7 Å². The van der Waals surface area contributed by atoms with Crippen LogP contribution in [0, 0.1) is 0 Å². The second kappa shape index (κ2) is 76.9. The number of phosphoric ester groups is 2. The van der Waals surface area contributed by atoms with E-state index in [1.165, 1.54) is 70.6 Å². The zero-order valence-corrected chi connectivity index (χ0v) is 67.5.